The summed E-state index contributed by atoms with van der Waals surface area (Å²) in [6, 6.07) is 6.05. The van der Waals surface area contributed by atoms with Crippen molar-refractivity contribution in [1.82, 2.24) is 19.9 Å². The van der Waals surface area contributed by atoms with Crippen molar-refractivity contribution in [2.45, 2.75) is 24.9 Å². The van der Waals surface area contributed by atoms with Gasteiger partial charge in [0.1, 0.15) is 35.8 Å². The van der Waals surface area contributed by atoms with Crippen LogP contribution in [0.15, 0.2) is 43.2 Å². The predicted molar refractivity (Wildman–Crippen MR) is 125 cm³/mol. The summed E-state index contributed by atoms with van der Waals surface area (Å²) in [5.74, 6) is -0.0695. The zero-order valence-electron chi connectivity index (χ0n) is 18.3. The molecule has 4 heterocycles. The van der Waals surface area contributed by atoms with E-state index in [1.165, 1.54) is 18.5 Å². The minimum absolute atomic E-state index is 0.0228. The van der Waals surface area contributed by atoms with Gasteiger partial charge in [-0.1, -0.05) is 18.2 Å². The number of benzene rings is 1. The first-order chi connectivity index (χ1) is 16.8. The van der Waals surface area contributed by atoms with Gasteiger partial charge in [0, 0.05) is 19.2 Å². The van der Waals surface area contributed by atoms with Crippen molar-refractivity contribution in [3.63, 3.8) is 0 Å². The number of carbonyl (C=O) groups is 1. The van der Waals surface area contributed by atoms with Crippen molar-refractivity contribution in [2.75, 3.05) is 29.9 Å². The number of alkyl halides is 2. The van der Waals surface area contributed by atoms with E-state index in [0.717, 1.165) is 12.5 Å². The first-order valence-corrected chi connectivity index (χ1v) is 11.2. The first kappa shape index (κ1) is 23.2. The molecule has 0 saturated carbocycles. The number of hydrogen-bond donors (Lipinski definition) is 1. The Bertz CT molecular complexity index is 1310. The lowest BCUT2D eigenvalue weighted by molar-refractivity contribution is -0.127. The lowest BCUT2D eigenvalue weighted by Gasteiger charge is -2.34. The number of hydrogen-bond acceptors (Lipinski definition) is 7. The molecule has 0 radical (unpaired) electrons. The van der Waals surface area contributed by atoms with Crippen LogP contribution in [0.1, 0.15) is 6.42 Å². The van der Waals surface area contributed by atoms with Crippen molar-refractivity contribution in [3.05, 3.63) is 54.1 Å². The Labute approximate surface area is 203 Å². The van der Waals surface area contributed by atoms with E-state index >= 15 is 0 Å². The van der Waals surface area contributed by atoms with Crippen LogP contribution in [0, 0.1) is 5.82 Å². The van der Waals surface area contributed by atoms with Gasteiger partial charge in [0.25, 0.3) is 6.43 Å². The van der Waals surface area contributed by atoms with Gasteiger partial charge in [0.05, 0.1) is 28.3 Å². The maximum absolute atomic E-state index is 14.7. The Morgan fingerprint density at radius 3 is 2.83 bits per heavy atom. The molecule has 2 aromatic heterocycles. The number of amides is 1. The normalized spacial score (nSPS) is 19.0. The number of nitrogens with zero attached hydrogens (tertiary/aromatic N) is 5. The highest BCUT2D eigenvalue weighted by Gasteiger charge is 2.45. The fourth-order valence-electron chi connectivity index (χ4n) is 4.53. The highest BCUT2D eigenvalue weighted by molar-refractivity contribution is 6.32. The number of anilines is 3. The highest BCUT2D eigenvalue weighted by Crippen LogP contribution is 2.36. The lowest BCUT2D eigenvalue weighted by atomic mass is 10.2. The molecule has 12 heteroatoms. The van der Waals surface area contributed by atoms with Crippen molar-refractivity contribution < 1.29 is 22.7 Å². The van der Waals surface area contributed by atoms with Crippen LogP contribution in [-0.4, -0.2) is 64.0 Å². The van der Waals surface area contributed by atoms with Gasteiger partial charge in [0.2, 0.25) is 5.91 Å². The van der Waals surface area contributed by atoms with Crippen molar-refractivity contribution in [1.29, 1.82) is 0 Å². The largest absolute Gasteiger partial charge is 0.486 e. The number of rotatable bonds is 7. The molecule has 2 atom stereocenters. The van der Waals surface area contributed by atoms with Crippen LogP contribution in [0.25, 0.3) is 11.0 Å². The number of pyridine rings is 1. The van der Waals surface area contributed by atoms with E-state index in [9.17, 15) is 18.0 Å². The molecule has 0 spiro atoms. The SMILES string of the molecule is C=CC(=O)N1C[C@@H]2C[C@H]1CN2c1ccc2ncnc(Nc3cc(Cl)c(OCC(F)F)cc3F)c2n1. The summed E-state index contributed by atoms with van der Waals surface area (Å²) in [7, 11) is 0. The van der Waals surface area contributed by atoms with Gasteiger partial charge in [-0.05, 0) is 30.7 Å². The Morgan fingerprint density at radius 1 is 1.29 bits per heavy atom. The number of nitrogens with one attached hydrogen (secondary N) is 1. The summed E-state index contributed by atoms with van der Waals surface area (Å²) in [6.07, 6.45) is 0.787. The lowest BCUT2D eigenvalue weighted by Crippen LogP contribution is -2.48. The molecule has 1 amide bonds. The molecule has 1 N–H and O–H groups in total. The maximum Gasteiger partial charge on any atom is 0.272 e. The Balaban J connectivity index is 1.41. The van der Waals surface area contributed by atoms with Gasteiger partial charge >= 0.3 is 0 Å². The fourth-order valence-corrected chi connectivity index (χ4v) is 4.75. The van der Waals surface area contributed by atoms with Gasteiger partial charge in [-0.2, -0.15) is 0 Å². The molecule has 2 aliphatic heterocycles. The summed E-state index contributed by atoms with van der Waals surface area (Å²) in [5, 5.41) is 2.84. The summed E-state index contributed by atoms with van der Waals surface area (Å²) in [5.41, 5.74) is 0.938. The molecular formula is C23H20ClF3N6O2. The monoisotopic (exact) mass is 504 g/mol. The highest BCUT2D eigenvalue weighted by atomic mass is 35.5. The second kappa shape index (κ2) is 9.21. The molecule has 2 saturated heterocycles. The van der Waals surface area contributed by atoms with E-state index in [2.05, 4.69) is 26.8 Å². The second-order valence-corrected chi connectivity index (χ2v) is 8.65. The third-order valence-corrected chi connectivity index (χ3v) is 6.39. The smallest absolute Gasteiger partial charge is 0.272 e. The summed E-state index contributed by atoms with van der Waals surface area (Å²) >= 11 is 6.10. The number of likely N-dealkylation sites (tertiary alicyclic amines) is 1. The van der Waals surface area contributed by atoms with E-state index < -0.39 is 18.8 Å². The van der Waals surface area contributed by atoms with Crippen molar-refractivity contribution in [3.8, 4) is 5.75 Å². The van der Waals surface area contributed by atoms with Crippen molar-refractivity contribution >= 4 is 45.9 Å². The van der Waals surface area contributed by atoms with Crippen LogP contribution in [-0.2, 0) is 4.79 Å². The standard InChI is InChI=1S/C23H20ClF3N6O2/c1-2-21(34)33-9-12-5-13(33)8-32(12)20-4-3-16-22(31-20)23(29-11-28-16)30-17-6-14(24)18(7-15(17)25)35-10-19(26)27/h2-4,6-7,11-13,19H,1,5,8-10H2,(H,28,29,30)/t12-,13-/m0/s1. The topological polar surface area (TPSA) is 83.5 Å². The number of fused-ring (bicyclic) bond motifs is 3. The van der Waals surface area contributed by atoms with E-state index in [4.69, 9.17) is 21.3 Å². The number of halogens is 4. The molecule has 0 aliphatic carbocycles. The molecule has 182 valence electrons. The molecular weight excluding hydrogens is 485 g/mol. The van der Waals surface area contributed by atoms with Crippen LogP contribution < -0.4 is 15.0 Å². The van der Waals surface area contributed by atoms with Gasteiger partial charge < -0.3 is 19.9 Å². The third-order valence-electron chi connectivity index (χ3n) is 6.10. The van der Waals surface area contributed by atoms with Crippen LogP contribution in [0.2, 0.25) is 5.02 Å². The quantitative estimate of drug-likeness (QED) is 0.483. The molecule has 1 aromatic carbocycles. The van der Waals surface area contributed by atoms with Crippen LogP contribution >= 0.6 is 11.6 Å². The fraction of sp³-hybridized carbons (Fsp3) is 0.304. The van der Waals surface area contributed by atoms with Gasteiger partial charge in [0.15, 0.2) is 5.82 Å². The average molecular weight is 505 g/mol. The zero-order chi connectivity index (χ0) is 24.7. The molecule has 2 fully saturated rings. The molecule has 8 nitrogen and oxygen atoms in total. The number of carbonyl (C=O) groups excluding carboxylic acids is 1. The maximum atomic E-state index is 14.7. The minimum Gasteiger partial charge on any atom is -0.486 e. The van der Waals surface area contributed by atoms with Crippen molar-refractivity contribution in [2.24, 2.45) is 0 Å². The Morgan fingerprint density at radius 2 is 2.11 bits per heavy atom. The molecule has 35 heavy (non-hydrogen) atoms. The summed E-state index contributed by atoms with van der Waals surface area (Å²) < 4.78 is 44.4. The van der Waals surface area contributed by atoms with Crippen LogP contribution in [0.3, 0.4) is 0 Å². The molecule has 2 aliphatic rings. The third kappa shape index (κ3) is 4.43. The minimum atomic E-state index is -2.71. The summed E-state index contributed by atoms with van der Waals surface area (Å²) in [4.78, 5) is 29.2. The number of aromatic nitrogens is 3. The molecule has 3 aromatic rings. The zero-order valence-corrected chi connectivity index (χ0v) is 19.1. The van der Waals surface area contributed by atoms with E-state index in [0.29, 0.717) is 29.9 Å². The Hall–Kier alpha value is -3.60. The first-order valence-electron chi connectivity index (χ1n) is 10.8. The van der Waals surface area contributed by atoms with Gasteiger partial charge in [-0.25, -0.2) is 28.1 Å². The molecule has 5 rings (SSSR count). The van der Waals surface area contributed by atoms with Crippen LogP contribution in [0.5, 0.6) is 5.75 Å². The second-order valence-electron chi connectivity index (χ2n) is 8.24. The van der Waals surface area contributed by atoms with Crippen LogP contribution in [0.4, 0.5) is 30.5 Å². The average Bonchev–Trinajstić information content (AvgIpc) is 3.46. The van der Waals surface area contributed by atoms with E-state index in [1.54, 1.807) is 6.07 Å². The number of piperazine rings is 1. The molecule has 0 unspecified atom stereocenters. The molecule has 2 bridgehead atoms. The van der Waals surface area contributed by atoms with E-state index in [-0.39, 0.29) is 40.3 Å². The van der Waals surface area contributed by atoms with E-state index in [1.807, 2.05) is 11.0 Å². The summed E-state index contributed by atoms with van der Waals surface area (Å²) in [6.45, 7) is 3.91. The van der Waals surface area contributed by atoms with Gasteiger partial charge in [-0.15, -0.1) is 0 Å². The number of ether oxygens (including phenoxy) is 1. The predicted octanol–water partition coefficient (Wildman–Crippen LogP) is 4.18. The Kier molecular flexibility index (Phi) is 6.10. The van der Waals surface area contributed by atoms with Gasteiger partial charge in [-0.3, -0.25) is 4.79 Å².